The van der Waals surface area contributed by atoms with E-state index in [4.69, 9.17) is 17.0 Å². The molecule has 0 aliphatic carbocycles. The number of hydrogen-bond acceptors (Lipinski definition) is 3. The number of para-hydroxylation sites is 1. The Morgan fingerprint density at radius 1 is 1.03 bits per heavy atom. The van der Waals surface area contributed by atoms with Crippen molar-refractivity contribution in [3.05, 3.63) is 106 Å². The molecule has 0 radical (unpaired) electrons. The summed E-state index contributed by atoms with van der Waals surface area (Å²) in [7, 11) is 0. The molecule has 35 heavy (non-hydrogen) atoms. The van der Waals surface area contributed by atoms with E-state index >= 15 is 0 Å². The van der Waals surface area contributed by atoms with Crippen molar-refractivity contribution < 1.29 is 4.74 Å². The molecule has 0 unspecified atom stereocenters. The molecule has 0 amide bonds. The Morgan fingerprint density at radius 2 is 1.77 bits per heavy atom. The molecule has 0 spiro atoms. The van der Waals surface area contributed by atoms with Gasteiger partial charge in [0.25, 0.3) is 0 Å². The van der Waals surface area contributed by atoms with Crippen LogP contribution >= 0.6 is 28.1 Å². The minimum absolute atomic E-state index is 0.0715. The van der Waals surface area contributed by atoms with Crippen molar-refractivity contribution in [2.75, 3.05) is 11.5 Å². The molecule has 1 N–H and O–H groups in total. The van der Waals surface area contributed by atoms with Gasteiger partial charge in [-0.25, -0.2) is 0 Å². The lowest BCUT2D eigenvalue weighted by molar-refractivity contribution is 0.340. The third kappa shape index (κ3) is 4.34. The molecule has 3 heterocycles. The van der Waals surface area contributed by atoms with E-state index < -0.39 is 0 Å². The predicted molar refractivity (Wildman–Crippen MR) is 148 cm³/mol. The van der Waals surface area contributed by atoms with E-state index in [1.807, 2.05) is 43.5 Å². The van der Waals surface area contributed by atoms with Gasteiger partial charge in [0.15, 0.2) is 5.11 Å². The summed E-state index contributed by atoms with van der Waals surface area (Å²) in [6, 6.07) is 24.6. The van der Waals surface area contributed by atoms with Crippen LogP contribution in [0.5, 0.6) is 5.75 Å². The number of nitrogens with zero attached hydrogens (tertiary/aromatic N) is 3. The number of anilines is 1. The van der Waals surface area contributed by atoms with E-state index in [9.17, 15) is 0 Å². The maximum atomic E-state index is 5.90. The van der Waals surface area contributed by atoms with E-state index in [1.54, 1.807) is 0 Å². The number of halogens is 1. The summed E-state index contributed by atoms with van der Waals surface area (Å²) in [5.74, 6) is 0.847. The maximum Gasteiger partial charge on any atom is 0.174 e. The standard InChI is InChI=1S/C28H27BrN4OS/c1-4-34-21-14-12-20(13-15-21)33-27(26(31-28(33)35)24-10-7-8-16-30-24)22-17-18(2)32(19(22)3)25-11-6-5-9-23(25)29/h5-17,26-27H,4H2,1-3H3,(H,31,35)/t26-,27+/m0/s1. The number of ether oxygens (including phenoxy) is 1. The molecule has 0 saturated carbocycles. The highest BCUT2D eigenvalue weighted by Crippen LogP contribution is 2.44. The van der Waals surface area contributed by atoms with Gasteiger partial charge in [0.2, 0.25) is 0 Å². The van der Waals surface area contributed by atoms with Gasteiger partial charge < -0.3 is 19.5 Å². The number of rotatable bonds is 6. The highest BCUT2D eigenvalue weighted by Gasteiger charge is 2.42. The largest absolute Gasteiger partial charge is 0.494 e. The maximum absolute atomic E-state index is 5.90. The van der Waals surface area contributed by atoms with Gasteiger partial charge in [0.1, 0.15) is 5.75 Å². The summed E-state index contributed by atoms with van der Waals surface area (Å²) in [5, 5.41) is 4.24. The van der Waals surface area contributed by atoms with E-state index in [0.29, 0.717) is 11.7 Å². The zero-order valence-electron chi connectivity index (χ0n) is 19.9. The van der Waals surface area contributed by atoms with Gasteiger partial charge in [-0.1, -0.05) is 18.2 Å². The van der Waals surface area contributed by atoms with Gasteiger partial charge in [-0.2, -0.15) is 0 Å². The molecule has 1 aliphatic heterocycles. The summed E-state index contributed by atoms with van der Waals surface area (Å²) in [6.07, 6.45) is 1.83. The summed E-state index contributed by atoms with van der Waals surface area (Å²) < 4.78 is 9.02. The van der Waals surface area contributed by atoms with E-state index in [-0.39, 0.29) is 12.1 Å². The average Bonchev–Trinajstić information content (AvgIpc) is 3.36. The molecule has 1 saturated heterocycles. The van der Waals surface area contributed by atoms with Gasteiger partial charge >= 0.3 is 0 Å². The number of nitrogens with one attached hydrogen (secondary N) is 1. The van der Waals surface area contributed by atoms with Gasteiger partial charge in [-0.15, -0.1) is 0 Å². The molecule has 178 valence electrons. The van der Waals surface area contributed by atoms with Crippen LogP contribution in [0.15, 0.2) is 83.5 Å². The molecule has 0 bridgehead atoms. The lowest BCUT2D eigenvalue weighted by atomic mass is 9.96. The summed E-state index contributed by atoms with van der Waals surface area (Å²) in [5.41, 5.74) is 6.62. The highest BCUT2D eigenvalue weighted by molar-refractivity contribution is 9.10. The lowest BCUT2D eigenvalue weighted by Gasteiger charge is -2.28. The molecular formula is C28H27BrN4OS. The Kier molecular flexibility index (Phi) is 6.62. The second-order valence-corrected chi connectivity index (χ2v) is 9.78. The zero-order valence-corrected chi connectivity index (χ0v) is 22.3. The van der Waals surface area contributed by atoms with Crippen LogP contribution in [0.4, 0.5) is 5.69 Å². The number of thiocarbonyl (C=S) groups is 1. The fourth-order valence-electron chi connectivity index (χ4n) is 4.91. The smallest absolute Gasteiger partial charge is 0.174 e. The summed E-state index contributed by atoms with van der Waals surface area (Å²) >= 11 is 9.63. The number of pyridine rings is 1. The van der Waals surface area contributed by atoms with Crippen molar-refractivity contribution in [1.82, 2.24) is 14.9 Å². The van der Waals surface area contributed by atoms with Crippen molar-refractivity contribution in [2.24, 2.45) is 0 Å². The first-order chi connectivity index (χ1) is 17.0. The molecule has 5 nitrogen and oxygen atoms in total. The van der Waals surface area contributed by atoms with Crippen molar-refractivity contribution in [1.29, 1.82) is 0 Å². The second kappa shape index (κ2) is 9.84. The Morgan fingerprint density at radius 3 is 2.46 bits per heavy atom. The molecule has 1 fully saturated rings. The van der Waals surface area contributed by atoms with Crippen LogP contribution in [0.25, 0.3) is 5.69 Å². The van der Waals surface area contributed by atoms with Gasteiger partial charge in [-0.3, -0.25) is 4.98 Å². The topological polar surface area (TPSA) is 42.3 Å². The van der Waals surface area contributed by atoms with Crippen molar-refractivity contribution in [3.8, 4) is 11.4 Å². The molecule has 7 heteroatoms. The fourth-order valence-corrected chi connectivity index (χ4v) is 5.72. The monoisotopic (exact) mass is 546 g/mol. The SMILES string of the molecule is CCOc1ccc(N2C(=S)N[C@@H](c3ccccn3)[C@H]2c2cc(C)n(-c3ccccc3Br)c2C)cc1. The summed E-state index contributed by atoms with van der Waals surface area (Å²) in [4.78, 5) is 6.89. The number of hydrogen-bond donors (Lipinski definition) is 1. The van der Waals surface area contributed by atoms with Gasteiger partial charge in [0, 0.05) is 27.7 Å². The van der Waals surface area contributed by atoms with Crippen molar-refractivity contribution in [2.45, 2.75) is 32.9 Å². The zero-order chi connectivity index (χ0) is 24.5. The van der Waals surface area contributed by atoms with Crippen LogP contribution < -0.4 is 15.0 Å². The van der Waals surface area contributed by atoms with Crippen molar-refractivity contribution >= 4 is 38.9 Å². The number of aryl methyl sites for hydroxylation is 1. The quantitative estimate of drug-likeness (QED) is 0.268. The van der Waals surface area contributed by atoms with Crippen LogP contribution in [-0.4, -0.2) is 21.3 Å². The molecule has 2 aromatic heterocycles. The lowest BCUT2D eigenvalue weighted by Crippen LogP contribution is -2.29. The first kappa shape index (κ1) is 23.6. The normalized spacial score (nSPS) is 17.5. The third-order valence-electron chi connectivity index (χ3n) is 6.41. The Bertz CT molecular complexity index is 1350. The van der Waals surface area contributed by atoms with Crippen LogP contribution in [0.1, 0.15) is 41.7 Å². The first-order valence-electron chi connectivity index (χ1n) is 11.7. The van der Waals surface area contributed by atoms with Crippen LogP contribution in [-0.2, 0) is 0 Å². The van der Waals surface area contributed by atoms with Crippen LogP contribution in [0.2, 0.25) is 0 Å². The minimum Gasteiger partial charge on any atom is -0.494 e. The molecule has 4 aromatic rings. The molecule has 2 aromatic carbocycles. The molecule has 1 aliphatic rings. The second-order valence-electron chi connectivity index (χ2n) is 8.54. The summed E-state index contributed by atoms with van der Waals surface area (Å²) in [6.45, 7) is 6.94. The van der Waals surface area contributed by atoms with Crippen molar-refractivity contribution in [3.63, 3.8) is 0 Å². The number of benzene rings is 2. The third-order valence-corrected chi connectivity index (χ3v) is 7.39. The van der Waals surface area contributed by atoms with Gasteiger partial charge in [0.05, 0.1) is 30.1 Å². The minimum atomic E-state index is -0.0940. The molecule has 5 rings (SSSR count). The highest BCUT2D eigenvalue weighted by atomic mass is 79.9. The van der Waals surface area contributed by atoms with Gasteiger partial charge in [-0.05, 0) is 109 Å². The van der Waals surface area contributed by atoms with E-state index in [1.165, 1.54) is 11.3 Å². The number of aromatic nitrogens is 2. The Labute approximate surface area is 219 Å². The Hall–Kier alpha value is -3.16. The van der Waals surface area contributed by atoms with E-state index in [0.717, 1.165) is 33.0 Å². The Balaban J connectivity index is 1.65. The van der Waals surface area contributed by atoms with Crippen LogP contribution in [0.3, 0.4) is 0 Å². The fraction of sp³-hybridized carbons (Fsp3) is 0.214. The average molecular weight is 548 g/mol. The first-order valence-corrected chi connectivity index (χ1v) is 12.9. The molecular weight excluding hydrogens is 520 g/mol. The van der Waals surface area contributed by atoms with E-state index in [2.05, 4.69) is 92.0 Å². The van der Waals surface area contributed by atoms with Crippen LogP contribution in [0, 0.1) is 13.8 Å². The molecule has 2 atom stereocenters. The predicted octanol–water partition coefficient (Wildman–Crippen LogP) is 6.83.